The molecular formula is C22H25N4O8P. The molecule has 0 saturated heterocycles. The molecule has 0 atom stereocenters. The van der Waals surface area contributed by atoms with Crippen molar-refractivity contribution in [1.29, 1.82) is 0 Å². The van der Waals surface area contributed by atoms with Gasteiger partial charge in [-0.3, -0.25) is 19.6 Å². The third-order valence-corrected chi connectivity index (χ3v) is 5.10. The maximum Gasteiger partial charge on any atom is 0.524 e. The first-order valence-corrected chi connectivity index (χ1v) is 12.0. The summed E-state index contributed by atoms with van der Waals surface area (Å²) >= 11 is 0. The van der Waals surface area contributed by atoms with Crippen molar-refractivity contribution in [1.82, 2.24) is 19.7 Å². The van der Waals surface area contributed by atoms with E-state index in [9.17, 15) is 14.2 Å². The molecule has 35 heavy (non-hydrogen) atoms. The van der Waals surface area contributed by atoms with E-state index in [1.807, 2.05) is 19.0 Å². The number of hydrogen-bond acceptors (Lipinski definition) is 9. The predicted octanol–water partition coefficient (Wildman–Crippen LogP) is 2.74. The number of aldehydes is 1. The number of benzene rings is 1. The highest BCUT2D eigenvalue weighted by Crippen LogP contribution is 2.41. The Balaban J connectivity index is 1.80. The third kappa shape index (κ3) is 7.20. The van der Waals surface area contributed by atoms with Crippen LogP contribution in [0.5, 0.6) is 11.5 Å². The van der Waals surface area contributed by atoms with Gasteiger partial charge in [-0.25, -0.2) is 9.36 Å². The summed E-state index contributed by atoms with van der Waals surface area (Å²) in [6.07, 6.45) is 3.40. The molecule has 12 nitrogen and oxygen atoms in total. The number of pyridine rings is 1. The molecule has 3 rings (SSSR count). The Bertz CT molecular complexity index is 1220. The Morgan fingerprint density at radius 3 is 2.63 bits per heavy atom. The Kier molecular flexibility index (Phi) is 8.72. The van der Waals surface area contributed by atoms with Crippen molar-refractivity contribution in [2.45, 2.75) is 13.0 Å². The average molecular weight is 504 g/mol. The minimum atomic E-state index is -4.88. The van der Waals surface area contributed by atoms with Crippen molar-refractivity contribution in [3.05, 3.63) is 59.9 Å². The number of carbonyl (C=O) groups is 2. The summed E-state index contributed by atoms with van der Waals surface area (Å²) in [6.45, 7) is 0.923. The Hall–Kier alpha value is -3.57. The molecule has 0 spiro atoms. The normalized spacial score (nSPS) is 11.3. The van der Waals surface area contributed by atoms with Crippen LogP contribution >= 0.6 is 7.82 Å². The van der Waals surface area contributed by atoms with Gasteiger partial charge in [-0.2, -0.15) is 9.78 Å². The van der Waals surface area contributed by atoms with E-state index in [0.29, 0.717) is 29.7 Å². The highest BCUT2D eigenvalue weighted by molar-refractivity contribution is 7.46. The molecule has 0 unspecified atom stereocenters. The van der Waals surface area contributed by atoms with E-state index in [0.717, 1.165) is 11.2 Å². The van der Waals surface area contributed by atoms with E-state index in [1.54, 1.807) is 24.4 Å². The fourth-order valence-electron chi connectivity index (χ4n) is 3.14. The van der Waals surface area contributed by atoms with Gasteiger partial charge in [-0.05, 0) is 44.8 Å². The smallest absolute Gasteiger partial charge is 0.488 e. The van der Waals surface area contributed by atoms with Crippen molar-refractivity contribution < 1.29 is 37.9 Å². The van der Waals surface area contributed by atoms with Crippen molar-refractivity contribution in [2.75, 3.05) is 27.2 Å². The molecular weight excluding hydrogens is 479 g/mol. The molecule has 186 valence electrons. The van der Waals surface area contributed by atoms with Crippen LogP contribution in [0.1, 0.15) is 22.3 Å². The summed E-state index contributed by atoms with van der Waals surface area (Å²) in [4.78, 5) is 48.6. The molecule has 1 aromatic carbocycles. The molecule has 3 aromatic rings. The molecule has 0 saturated carbocycles. The minimum absolute atomic E-state index is 0.0505. The molecule has 0 aliphatic rings. The van der Waals surface area contributed by atoms with Gasteiger partial charge >= 0.3 is 13.9 Å². The second kappa shape index (κ2) is 11.7. The zero-order valence-corrected chi connectivity index (χ0v) is 20.0. The quantitative estimate of drug-likeness (QED) is 0.225. The second-order valence-corrected chi connectivity index (χ2v) is 8.73. The largest absolute Gasteiger partial charge is 0.524 e. The van der Waals surface area contributed by atoms with E-state index >= 15 is 0 Å². The Morgan fingerprint density at radius 1 is 1.14 bits per heavy atom. The van der Waals surface area contributed by atoms with Crippen LogP contribution in [0.4, 0.5) is 4.79 Å². The number of aromatic nitrogens is 3. The topological polar surface area (TPSA) is 153 Å². The van der Waals surface area contributed by atoms with Gasteiger partial charge in [0.25, 0.3) is 0 Å². The van der Waals surface area contributed by atoms with E-state index in [-0.39, 0.29) is 30.3 Å². The molecule has 0 fully saturated rings. The van der Waals surface area contributed by atoms with E-state index in [1.165, 1.54) is 24.4 Å². The first-order valence-electron chi connectivity index (χ1n) is 10.5. The lowest BCUT2D eigenvalue weighted by Gasteiger charge is -2.15. The van der Waals surface area contributed by atoms with Gasteiger partial charge in [-0.1, -0.05) is 12.1 Å². The van der Waals surface area contributed by atoms with Gasteiger partial charge in [0, 0.05) is 18.3 Å². The molecule has 0 amide bonds. The second-order valence-electron chi connectivity index (χ2n) is 7.57. The zero-order valence-electron chi connectivity index (χ0n) is 19.1. The van der Waals surface area contributed by atoms with Crippen LogP contribution in [0.3, 0.4) is 0 Å². The zero-order chi connectivity index (χ0) is 25.4. The standard InChI is InChI=1S/C22H25N4O8P/c1-25(2)12-5-13-32-22(28)26-18(9-11-24-26)21-16(6-4-10-23-21)15-33-19-7-3-8-20(17(19)14-27)34-35(29,30)31/h3-4,6-11,14H,5,12-13,15H2,1-2H3,(H2,29,30,31). The third-order valence-electron chi connectivity index (χ3n) is 4.67. The van der Waals surface area contributed by atoms with Gasteiger partial charge in [0.05, 0.1) is 29.8 Å². The molecule has 0 bridgehead atoms. The molecule has 2 aromatic heterocycles. The van der Waals surface area contributed by atoms with Crippen molar-refractivity contribution in [2.24, 2.45) is 0 Å². The SMILES string of the molecule is CN(C)CCCOC(=O)n1nccc1-c1ncccc1COc1cccc(OP(=O)(O)O)c1C=O. The number of hydrogen-bond donors (Lipinski definition) is 2. The van der Waals surface area contributed by atoms with Gasteiger partial charge in [-0.15, -0.1) is 0 Å². The van der Waals surface area contributed by atoms with Crippen LogP contribution < -0.4 is 9.26 Å². The lowest BCUT2D eigenvalue weighted by atomic mass is 10.1. The van der Waals surface area contributed by atoms with E-state index in [2.05, 4.69) is 14.6 Å². The summed E-state index contributed by atoms with van der Waals surface area (Å²) in [6, 6.07) is 9.14. The molecule has 0 aliphatic carbocycles. The summed E-state index contributed by atoms with van der Waals surface area (Å²) in [5.41, 5.74) is 1.20. The predicted molar refractivity (Wildman–Crippen MR) is 124 cm³/mol. The van der Waals surface area contributed by atoms with Gasteiger partial charge in [0.15, 0.2) is 6.29 Å². The monoisotopic (exact) mass is 504 g/mol. The minimum Gasteiger partial charge on any atom is -0.488 e. The first kappa shape index (κ1) is 26.0. The average Bonchev–Trinajstić information content (AvgIpc) is 3.29. The van der Waals surface area contributed by atoms with Crippen molar-refractivity contribution in [3.63, 3.8) is 0 Å². The molecule has 2 heterocycles. The summed E-state index contributed by atoms with van der Waals surface area (Å²) < 4.78 is 27.9. The van der Waals surface area contributed by atoms with Crippen molar-refractivity contribution >= 4 is 20.2 Å². The summed E-state index contributed by atoms with van der Waals surface area (Å²) in [5, 5.41) is 4.05. The van der Waals surface area contributed by atoms with Gasteiger partial charge < -0.3 is 18.9 Å². The summed E-state index contributed by atoms with van der Waals surface area (Å²) in [7, 11) is -1.02. The fraction of sp³-hybridized carbons (Fsp3) is 0.273. The van der Waals surface area contributed by atoms with Crippen LogP contribution in [0.25, 0.3) is 11.4 Å². The maximum atomic E-state index is 12.6. The number of carbonyl (C=O) groups excluding carboxylic acids is 2. The highest BCUT2D eigenvalue weighted by Gasteiger charge is 2.21. The number of phosphoric ester groups is 1. The van der Waals surface area contributed by atoms with Crippen LogP contribution in [-0.2, 0) is 15.9 Å². The molecule has 0 radical (unpaired) electrons. The first-order chi connectivity index (χ1) is 16.7. The lowest BCUT2D eigenvalue weighted by molar-refractivity contribution is 0.111. The maximum absolute atomic E-state index is 12.6. The van der Waals surface area contributed by atoms with Crippen LogP contribution in [0.2, 0.25) is 0 Å². The molecule has 2 N–H and O–H groups in total. The van der Waals surface area contributed by atoms with Crippen molar-refractivity contribution in [3.8, 4) is 22.9 Å². The van der Waals surface area contributed by atoms with Gasteiger partial charge in [0.2, 0.25) is 0 Å². The number of ether oxygens (including phenoxy) is 2. The number of phosphoric acid groups is 1. The highest BCUT2D eigenvalue weighted by atomic mass is 31.2. The van der Waals surface area contributed by atoms with Crippen LogP contribution in [-0.4, -0.2) is 69.1 Å². The summed E-state index contributed by atoms with van der Waals surface area (Å²) in [5.74, 6) is -0.262. The lowest BCUT2D eigenvalue weighted by Crippen LogP contribution is -2.20. The Morgan fingerprint density at radius 2 is 1.91 bits per heavy atom. The Labute approximate surface area is 201 Å². The van der Waals surface area contributed by atoms with E-state index in [4.69, 9.17) is 19.3 Å². The van der Waals surface area contributed by atoms with Crippen LogP contribution in [0.15, 0.2) is 48.8 Å². The number of nitrogens with zero attached hydrogens (tertiary/aromatic N) is 4. The fourth-order valence-corrected chi connectivity index (χ4v) is 3.56. The molecule has 0 aliphatic heterocycles. The molecule has 13 heteroatoms. The van der Waals surface area contributed by atoms with E-state index < -0.39 is 13.9 Å². The van der Waals surface area contributed by atoms with Gasteiger partial charge in [0.1, 0.15) is 18.1 Å². The number of rotatable bonds is 11. The van der Waals surface area contributed by atoms with Crippen LogP contribution in [0, 0.1) is 0 Å².